The van der Waals surface area contributed by atoms with E-state index in [1.54, 1.807) is 7.11 Å². The van der Waals surface area contributed by atoms with Gasteiger partial charge in [0.15, 0.2) is 0 Å². The van der Waals surface area contributed by atoms with Gasteiger partial charge in [0.1, 0.15) is 0 Å². The predicted octanol–water partition coefficient (Wildman–Crippen LogP) is 3.27. The molecule has 0 radical (unpaired) electrons. The third-order valence-corrected chi connectivity index (χ3v) is 10.3. The van der Waals surface area contributed by atoms with Crippen molar-refractivity contribution in [3.63, 3.8) is 0 Å². The summed E-state index contributed by atoms with van der Waals surface area (Å²) >= 11 is 0. The zero-order valence-electron chi connectivity index (χ0n) is 21.2. The summed E-state index contributed by atoms with van der Waals surface area (Å²) in [6, 6.07) is 0. The molecule has 0 heterocycles. The van der Waals surface area contributed by atoms with Gasteiger partial charge in [-0.3, -0.25) is 0 Å². The number of aliphatic hydroxyl groups is 5. The molecule has 5 N–H and O–H groups in total. The lowest BCUT2D eigenvalue weighted by molar-refractivity contribution is -0.110. The highest BCUT2D eigenvalue weighted by molar-refractivity contribution is 4.96. The van der Waals surface area contributed by atoms with Gasteiger partial charge in [-0.1, -0.05) is 0 Å². The van der Waals surface area contributed by atoms with E-state index in [-0.39, 0.29) is 42.7 Å². The second kappa shape index (κ2) is 12.3. The molecule has 6 nitrogen and oxygen atoms in total. The number of methoxy groups -OCH3 is 1. The molecule has 34 heavy (non-hydrogen) atoms. The first kappa shape index (κ1) is 26.8. The molecule has 0 aromatic rings. The van der Waals surface area contributed by atoms with E-state index in [2.05, 4.69) is 0 Å². The minimum atomic E-state index is -0.440. The largest absolute Gasteiger partial charge is 0.396 e. The molecule has 8 unspecified atom stereocenters. The fraction of sp³-hybridized carbons (Fsp3) is 1.00. The summed E-state index contributed by atoms with van der Waals surface area (Å²) in [4.78, 5) is 0. The molecule has 8 atom stereocenters. The van der Waals surface area contributed by atoms with Crippen molar-refractivity contribution in [2.75, 3.05) is 13.7 Å². The first-order chi connectivity index (χ1) is 16.4. The highest BCUT2D eigenvalue weighted by Crippen LogP contribution is 2.48. The van der Waals surface area contributed by atoms with Crippen LogP contribution in [0.25, 0.3) is 0 Å². The van der Waals surface area contributed by atoms with E-state index in [0.717, 1.165) is 89.9 Å². The Balaban J connectivity index is 1.41. The van der Waals surface area contributed by atoms with Gasteiger partial charge in [0.25, 0.3) is 0 Å². The lowest BCUT2D eigenvalue weighted by atomic mass is 9.61. The minimum Gasteiger partial charge on any atom is -0.396 e. The van der Waals surface area contributed by atoms with Gasteiger partial charge in [-0.25, -0.2) is 0 Å². The van der Waals surface area contributed by atoms with E-state index in [1.807, 2.05) is 0 Å². The van der Waals surface area contributed by atoms with Gasteiger partial charge in [-0.2, -0.15) is 0 Å². The van der Waals surface area contributed by atoms with E-state index in [4.69, 9.17) is 4.74 Å². The highest BCUT2D eigenvalue weighted by atomic mass is 16.5. The Labute approximate surface area is 206 Å². The number of rotatable bonds is 7. The average molecular weight is 483 g/mol. The standard InChI is InChI=1S/C28H50O6/c1-34-26-15-20(13-22(28(26)33)11-18-4-8-25(31)9-5-18)19-12-21(27(32)23(14-19)16-29)10-17-2-6-24(30)7-3-17/h17-33H,2-16H2,1H3. The molecule has 0 spiro atoms. The summed E-state index contributed by atoms with van der Waals surface area (Å²) in [5.41, 5.74) is 0. The summed E-state index contributed by atoms with van der Waals surface area (Å²) < 4.78 is 5.78. The topological polar surface area (TPSA) is 110 Å². The van der Waals surface area contributed by atoms with Gasteiger partial charge in [-0.05, 0) is 125 Å². The molecule has 198 valence electrons. The lowest BCUT2D eigenvalue weighted by Crippen LogP contribution is -2.48. The molecule has 4 aliphatic rings. The smallest absolute Gasteiger partial charge is 0.0835 e. The Morgan fingerprint density at radius 2 is 1.03 bits per heavy atom. The molecule has 0 aromatic heterocycles. The number of ether oxygens (including phenoxy) is 1. The second-order valence-electron chi connectivity index (χ2n) is 12.5. The molecule has 6 heteroatoms. The van der Waals surface area contributed by atoms with Crippen LogP contribution in [0.4, 0.5) is 0 Å². The van der Waals surface area contributed by atoms with Crippen LogP contribution in [0.1, 0.15) is 89.9 Å². The maximum absolute atomic E-state index is 11.1. The number of hydrogen-bond donors (Lipinski definition) is 5. The fourth-order valence-electron chi connectivity index (χ4n) is 8.18. The van der Waals surface area contributed by atoms with Crippen LogP contribution in [0, 0.1) is 41.4 Å². The third kappa shape index (κ3) is 6.54. The molecule has 4 aliphatic carbocycles. The third-order valence-electron chi connectivity index (χ3n) is 10.3. The van der Waals surface area contributed by atoms with Crippen molar-refractivity contribution in [3.05, 3.63) is 0 Å². The molecule has 0 saturated heterocycles. The van der Waals surface area contributed by atoms with Gasteiger partial charge >= 0.3 is 0 Å². The molecular weight excluding hydrogens is 432 g/mol. The van der Waals surface area contributed by atoms with Crippen molar-refractivity contribution in [2.45, 2.75) is 120 Å². The Bertz CT molecular complexity index is 548. The van der Waals surface area contributed by atoms with Crippen LogP contribution in [-0.2, 0) is 4.74 Å². The highest BCUT2D eigenvalue weighted by Gasteiger charge is 2.45. The van der Waals surface area contributed by atoms with E-state index in [1.165, 1.54) is 0 Å². The van der Waals surface area contributed by atoms with E-state index in [9.17, 15) is 25.5 Å². The predicted molar refractivity (Wildman–Crippen MR) is 131 cm³/mol. The molecule has 4 rings (SSSR count). The summed E-state index contributed by atoms with van der Waals surface area (Å²) in [5, 5.41) is 52.0. The second-order valence-corrected chi connectivity index (χ2v) is 12.5. The van der Waals surface area contributed by atoms with Crippen LogP contribution in [0.3, 0.4) is 0 Å². The summed E-state index contributed by atoms with van der Waals surface area (Å²) in [6.45, 7) is 0.0361. The van der Waals surface area contributed by atoms with E-state index in [0.29, 0.717) is 23.7 Å². The Morgan fingerprint density at radius 1 is 0.588 bits per heavy atom. The van der Waals surface area contributed by atoms with Crippen molar-refractivity contribution < 1.29 is 30.3 Å². The van der Waals surface area contributed by atoms with Crippen molar-refractivity contribution in [1.82, 2.24) is 0 Å². The minimum absolute atomic E-state index is 0.0361. The summed E-state index contributed by atoms with van der Waals surface area (Å²) in [6.07, 6.45) is 12.1. The van der Waals surface area contributed by atoms with Crippen LogP contribution in [0.15, 0.2) is 0 Å². The zero-order valence-corrected chi connectivity index (χ0v) is 21.2. The first-order valence-corrected chi connectivity index (χ1v) is 14.2. The van der Waals surface area contributed by atoms with Crippen LogP contribution >= 0.6 is 0 Å². The molecule has 0 aromatic carbocycles. The number of aliphatic hydroxyl groups excluding tert-OH is 5. The van der Waals surface area contributed by atoms with Gasteiger partial charge in [0.05, 0.1) is 30.5 Å². The quantitative estimate of drug-likeness (QED) is 0.381. The van der Waals surface area contributed by atoms with Crippen molar-refractivity contribution in [3.8, 4) is 0 Å². The zero-order chi connectivity index (χ0) is 24.2. The molecular formula is C28H50O6. The summed E-state index contributed by atoms with van der Waals surface area (Å²) in [5.74, 6) is 2.40. The first-order valence-electron chi connectivity index (χ1n) is 14.2. The maximum Gasteiger partial charge on any atom is 0.0835 e. The molecule has 0 amide bonds. The SMILES string of the molecule is COC1CC(C2CC(CO)C(O)C(CC3CCC(O)CC3)C2)CC(CC2CCC(O)CC2)C1O. The van der Waals surface area contributed by atoms with E-state index < -0.39 is 12.2 Å². The fourth-order valence-corrected chi connectivity index (χ4v) is 8.18. The molecule has 4 fully saturated rings. The van der Waals surface area contributed by atoms with E-state index >= 15 is 0 Å². The normalized spacial score (nSPS) is 48.5. The monoisotopic (exact) mass is 482 g/mol. The Morgan fingerprint density at radius 3 is 1.50 bits per heavy atom. The molecule has 0 bridgehead atoms. The van der Waals surface area contributed by atoms with Crippen LogP contribution in [0.5, 0.6) is 0 Å². The maximum atomic E-state index is 11.1. The van der Waals surface area contributed by atoms with Crippen molar-refractivity contribution >= 4 is 0 Å². The van der Waals surface area contributed by atoms with Gasteiger partial charge in [0, 0.05) is 19.6 Å². The number of hydrogen-bond acceptors (Lipinski definition) is 6. The van der Waals surface area contributed by atoms with Gasteiger partial charge in [0.2, 0.25) is 0 Å². The summed E-state index contributed by atoms with van der Waals surface area (Å²) in [7, 11) is 1.71. The Kier molecular flexibility index (Phi) is 9.73. The van der Waals surface area contributed by atoms with Gasteiger partial charge in [-0.15, -0.1) is 0 Å². The van der Waals surface area contributed by atoms with Crippen LogP contribution in [0.2, 0.25) is 0 Å². The van der Waals surface area contributed by atoms with Crippen molar-refractivity contribution in [2.24, 2.45) is 41.4 Å². The van der Waals surface area contributed by atoms with Gasteiger partial charge < -0.3 is 30.3 Å². The van der Waals surface area contributed by atoms with Crippen LogP contribution < -0.4 is 0 Å². The van der Waals surface area contributed by atoms with Crippen LogP contribution in [-0.4, -0.2) is 69.8 Å². The van der Waals surface area contributed by atoms with Crippen molar-refractivity contribution in [1.29, 1.82) is 0 Å². The molecule has 4 saturated carbocycles. The lowest BCUT2D eigenvalue weighted by Gasteiger charge is -2.48. The Hall–Kier alpha value is -0.240. The molecule has 0 aliphatic heterocycles. The average Bonchev–Trinajstić information content (AvgIpc) is 2.84.